The molecule has 2 N–H and O–H groups in total. The summed E-state index contributed by atoms with van der Waals surface area (Å²) < 4.78 is 24.4. The lowest BCUT2D eigenvalue weighted by atomic mass is 10.1. The number of aliphatic imine (C=N–C) groups is 1. The van der Waals surface area contributed by atoms with E-state index in [1.54, 1.807) is 38.5 Å². The minimum Gasteiger partial charge on any atom is -0.493 e. The van der Waals surface area contributed by atoms with E-state index in [0.717, 1.165) is 39.3 Å². The zero-order chi connectivity index (χ0) is 39.4. The van der Waals surface area contributed by atoms with Gasteiger partial charge in [-0.3, -0.25) is 19.5 Å². The Bertz CT molecular complexity index is 2460. The van der Waals surface area contributed by atoms with Gasteiger partial charge in [-0.1, -0.05) is 30.3 Å². The van der Waals surface area contributed by atoms with Crippen LogP contribution in [0.2, 0.25) is 0 Å². The average Bonchev–Trinajstić information content (AvgIpc) is 3.69. The van der Waals surface area contributed by atoms with Gasteiger partial charge in [0.25, 0.3) is 11.8 Å². The molecule has 57 heavy (non-hydrogen) atoms. The first-order chi connectivity index (χ1) is 27.6. The molecule has 0 fully saturated rings. The number of fused-ring (bicyclic) bond motifs is 8. The van der Waals surface area contributed by atoms with Gasteiger partial charge in [0.1, 0.15) is 13.2 Å². The molecule has 2 amide bonds. The lowest BCUT2D eigenvalue weighted by Gasteiger charge is -2.24. The number of amides is 2. The molecule has 11 heteroatoms. The molecule has 4 heterocycles. The van der Waals surface area contributed by atoms with Crippen molar-refractivity contribution in [3.05, 3.63) is 124 Å². The molecule has 0 spiro atoms. The van der Waals surface area contributed by atoms with Gasteiger partial charge in [-0.05, 0) is 86.0 Å². The van der Waals surface area contributed by atoms with Gasteiger partial charge in [-0.25, -0.2) is 0 Å². The molecule has 11 nitrogen and oxygen atoms in total. The van der Waals surface area contributed by atoms with Crippen molar-refractivity contribution in [3.63, 3.8) is 0 Å². The lowest BCUT2D eigenvalue weighted by Crippen LogP contribution is -2.39. The van der Waals surface area contributed by atoms with Crippen LogP contribution in [0.4, 0.5) is 28.4 Å². The smallest absolute Gasteiger partial charge is 0.261 e. The van der Waals surface area contributed by atoms with Crippen LogP contribution in [0.25, 0.3) is 0 Å². The average molecular weight is 762 g/mol. The summed E-state index contributed by atoms with van der Waals surface area (Å²) in [6, 6.07) is 30.9. The molecule has 0 saturated heterocycles. The summed E-state index contributed by atoms with van der Waals surface area (Å²) in [5.41, 5.74) is 8.61. The Labute approximate surface area is 332 Å². The minimum absolute atomic E-state index is 0.0297. The summed E-state index contributed by atoms with van der Waals surface area (Å²) in [5, 5.41) is 7.07. The van der Waals surface area contributed by atoms with Gasteiger partial charge < -0.3 is 34.5 Å². The van der Waals surface area contributed by atoms with Crippen molar-refractivity contribution in [3.8, 4) is 23.0 Å². The summed E-state index contributed by atoms with van der Waals surface area (Å²) in [6.45, 7) is 7.34. The predicted molar refractivity (Wildman–Crippen MR) is 220 cm³/mol. The number of para-hydroxylation sites is 1. The molecule has 9 rings (SSSR count). The van der Waals surface area contributed by atoms with E-state index in [1.165, 1.54) is 0 Å². The fourth-order valence-electron chi connectivity index (χ4n) is 8.22. The van der Waals surface area contributed by atoms with Crippen molar-refractivity contribution in [1.82, 2.24) is 0 Å². The Morgan fingerprint density at radius 3 is 2.25 bits per heavy atom. The number of carbonyl (C=O) groups is 2. The largest absolute Gasteiger partial charge is 0.493 e. The molecule has 5 aromatic carbocycles. The van der Waals surface area contributed by atoms with E-state index in [-0.39, 0.29) is 42.7 Å². The molecule has 288 valence electrons. The third-order valence-corrected chi connectivity index (χ3v) is 10.7. The van der Waals surface area contributed by atoms with E-state index in [0.29, 0.717) is 64.9 Å². The summed E-state index contributed by atoms with van der Waals surface area (Å²) in [6.07, 6.45) is 3.28. The van der Waals surface area contributed by atoms with E-state index in [2.05, 4.69) is 61.7 Å². The number of rotatable bonds is 9. The third kappa shape index (κ3) is 6.71. The first-order valence-electron chi connectivity index (χ1n) is 19.1. The van der Waals surface area contributed by atoms with Crippen molar-refractivity contribution in [2.45, 2.75) is 64.4 Å². The van der Waals surface area contributed by atoms with Crippen LogP contribution in [0.3, 0.4) is 0 Å². The SMILES string of the molecule is COc1cc2c(cc1OCc1cc(COc3cc4c(cc3OC)C(=O)N3c5ccc#cc5C[C@H]3CN4)cc(NC(C)(C)C)c1)N=C[C@@H]1Cc3ccccc3N1C2=O. The number of benzene rings is 4. The van der Waals surface area contributed by atoms with Gasteiger partial charge in [-0.15, -0.1) is 0 Å². The summed E-state index contributed by atoms with van der Waals surface area (Å²) in [7, 11) is 3.14. The number of hydrogen-bond acceptors (Lipinski definition) is 9. The molecule has 4 aliphatic heterocycles. The maximum atomic E-state index is 13.9. The molecule has 4 aliphatic rings. The number of anilines is 4. The number of hydrogen-bond donors (Lipinski definition) is 2. The second-order valence-electron chi connectivity index (χ2n) is 15.8. The van der Waals surface area contributed by atoms with Crippen LogP contribution in [0.15, 0.2) is 83.9 Å². The third-order valence-electron chi connectivity index (χ3n) is 10.7. The fourth-order valence-corrected chi connectivity index (χ4v) is 8.22. The standard InChI is InChI=1S/C46H43N5O6/c1-46(2,3)49-31-15-27(25-56-42-21-36-34(19-40(42)54-4)44(52)50-32(23-47-36)17-29-10-6-8-12-38(29)50)14-28(16-31)26-57-43-22-37-35(20-41(43)55-5)45(53)51-33(24-48-37)18-30-11-7-9-13-39(30)51/h6,8-10,12-16,19-23,32-33,48-49H,17-18,24-26H2,1-5H3/t32-,33-/m0/s1. The van der Waals surface area contributed by atoms with Crippen molar-refractivity contribution < 1.29 is 28.5 Å². The van der Waals surface area contributed by atoms with Crippen LogP contribution in [0, 0.1) is 12.1 Å². The van der Waals surface area contributed by atoms with Crippen LogP contribution in [-0.4, -0.2) is 56.4 Å². The Hall–Kier alpha value is -6.67. The van der Waals surface area contributed by atoms with Gasteiger partial charge in [0.2, 0.25) is 0 Å². The topological polar surface area (TPSA) is 114 Å². The second kappa shape index (κ2) is 14.1. The number of carbonyl (C=O) groups excluding carboxylic acids is 2. The molecule has 5 aromatic rings. The van der Waals surface area contributed by atoms with E-state index in [9.17, 15) is 9.59 Å². The maximum absolute atomic E-state index is 13.9. The zero-order valence-corrected chi connectivity index (χ0v) is 32.6. The van der Waals surface area contributed by atoms with Gasteiger partial charge >= 0.3 is 0 Å². The van der Waals surface area contributed by atoms with Crippen molar-refractivity contribution in [1.29, 1.82) is 0 Å². The molecule has 0 bridgehead atoms. The Balaban J connectivity index is 0.960. The Morgan fingerprint density at radius 1 is 0.807 bits per heavy atom. The molecule has 2 atom stereocenters. The molecular weight excluding hydrogens is 719 g/mol. The van der Waals surface area contributed by atoms with E-state index in [1.807, 2.05) is 52.4 Å². The normalized spacial score (nSPS) is 17.4. The van der Waals surface area contributed by atoms with Crippen LogP contribution >= 0.6 is 0 Å². The highest BCUT2D eigenvalue weighted by molar-refractivity contribution is 6.15. The highest BCUT2D eigenvalue weighted by Gasteiger charge is 2.39. The second-order valence-corrected chi connectivity index (χ2v) is 15.8. The van der Waals surface area contributed by atoms with E-state index >= 15 is 0 Å². The van der Waals surface area contributed by atoms with Crippen LogP contribution in [0.5, 0.6) is 23.0 Å². The molecule has 0 radical (unpaired) electrons. The van der Waals surface area contributed by atoms with Gasteiger partial charge in [0.15, 0.2) is 23.0 Å². The monoisotopic (exact) mass is 761 g/mol. The summed E-state index contributed by atoms with van der Waals surface area (Å²) >= 11 is 0. The Morgan fingerprint density at radius 2 is 1.51 bits per heavy atom. The predicted octanol–water partition coefficient (Wildman–Crippen LogP) is 7.96. The van der Waals surface area contributed by atoms with Crippen LogP contribution in [-0.2, 0) is 26.1 Å². The van der Waals surface area contributed by atoms with Crippen LogP contribution in [0.1, 0.15) is 63.7 Å². The first-order valence-corrected chi connectivity index (χ1v) is 19.1. The molecule has 0 saturated carbocycles. The fraction of sp³-hybridized carbons (Fsp3) is 0.283. The number of ether oxygens (including phenoxy) is 4. The first kappa shape index (κ1) is 36.0. The maximum Gasteiger partial charge on any atom is 0.261 e. The van der Waals surface area contributed by atoms with E-state index in [4.69, 9.17) is 23.9 Å². The van der Waals surface area contributed by atoms with Crippen molar-refractivity contribution in [2.24, 2.45) is 4.99 Å². The lowest BCUT2D eigenvalue weighted by molar-refractivity contribution is 0.0976. The number of nitrogens with one attached hydrogen (secondary N) is 2. The number of methoxy groups -OCH3 is 2. The molecule has 0 aliphatic carbocycles. The quantitative estimate of drug-likeness (QED) is 0.156. The van der Waals surface area contributed by atoms with Crippen molar-refractivity contribution in [2.75, 3.05) is 41.2 Å². The zero-order valence-electron chi connectivity index (χ0n) is 32.6. The van der Waals surface area contributed by atoms with Gasteiger partial charge in [0.05, 0.1) is 54.5 Å². The minimum atomic E-state index is -0.208. The molecule has 0 unspecified atom stereocenters. The number of nitrogens with zero attached hydrogens (tertiary/aromatic N) is 3. The van der Waals surface area contributed by atoms with Gasteiger partial charge in [-0.2, -0.15) is 0 Å². The van der Waals surface area contributed by atoms with E-state index < -0.39 is 0 Å². The highest BCUT2D eigenvalue weighted by Crippen LogP contribution is 2.42. The van der Waals surface area contributed by atoms with Gasteiger partial charge in [0, 0.05) is 60.2 Å². The molecular formula is C46H43N5O6. The summed E-state index contributed by atoms with van der Waals surface area (Å²) in [5.74, 6) is 1.69. The summed E-state index contributed by atoms with van der Waals surface area (Å²) in [4.78, 5) is 36.3. The van der Waals surface area contributed by atoms with Crippen LogP contribution < -0.4 is 39.4 Å². The molecule has 0 aromatic heterocycles. The highest BCUT2D eigenvalue weighted by atomic mass is 16.5. The van der Waals surface area contributed by atoms with Crippen molar-refractivity contribution >= 4 is 46.5 Å². The Kier molecular flexibility index (Phi) is 8.92.